The Bertz CT molecular complexity index is 850. The molecule has 1 aromatic carbocycles. The van der Waals surface area contributed by atoms with Gasteiger partial charge >= 0.3 is 6.03 Å². The van der Waals surface area contributed by atoms with E-state index < -0.39 is 0 Å². The number of pyridine rings is 1. The molecule has 2 aromatic heterocycles. The average molecular weight is 364 g/mol. The highest BCUT2D eigenvalue weighted by Crippen LogP contribution is 2.25. The van der Waals surface area contributed by atoms with E-state index >= 15 is 0 Å². The number of benzene rings is 1. The molecule has 0 bridgehead atoms. The van der Waals surface area contributed by atoms with Gasteiger partial charge < -0.3 is 10.2 Å². The lowest BCUT2D eigenvalue weighted by atomic mass is 10.0. The number of rotatable bonds is 7. The molecule has 0 spiro atoms. The molecule has 7 nitrogen and oxygen atoms in total. The molecule has 140 valence electrons. The van der Waals surface area contributed by atoms with Crippen molar-refractivity contribution in [3.8, 4) is 5.69 Å². The molecule has 0 aliphatic heterocycles. The number of carbonyl (C=O) groups is 1. The van der Waals surface area contributed by atoms with Gasteiger partial charge in [0.25, 0.3) is 0 Å². The van der Waals surface area contributed by atoms with Crippen LogP contribution in [0.15, 0.2) is 61.4 Å². The molecule has 1 atom stereocenters. The zero-order valence-corrected chi connectivity index (χ0v) is 15.6. The molecule has 0 aliphatic carbocycles. The van der Waals surface area contributed by atoms with Crippen molar-refractivity contribution in [3.05, 3.63) is 67.0 Å². The van der Waals surface area contributed by atoms with E-state index in [-0.39, 0.29) is 12.1 Å². The van der Waals surface area contributed by atoms with Gasteiger partial charge in [0.15, 0.2) is 0 Å². The van der Waals surface area contributed by atoms with Crippen molar-refractivity contribution >= 4 is 11.7 Å². The van der Waals surface area contributed by atoms with Gasteiger partial charge in [-0.1, -0.05) is 31.9 Å². The molecule has 0 unspecified atom stereocenters. The molecule has 0 saturated carbocycles. The minimum absolute atomic E-state index is 0.0142. The third kappa shape index (κ3) is 4.69. The molecule has 27 heavy (non-hydrogen) atoms. The summed E-state index contributed by atoms with van der Waals surface area (Å²) in [5.74, 6) is 0. The van der Waals surface area contributed by atoms with Crippen LogP contribution in [0.1, 0.15) is 37.8 Å². The van der Waals surface area contributed by atoms with E-state index in [1.165, 1.54) is 0 Å². The molecule has 1 N–H and O–H groups in total. The zero-order chi connectivity index (χ0) is 19.1. The number of carbonyl (C=O) groups excluding carboxylic acids is 1. The van der Waals surface area contributed by atoms with Crippen LogP contribution in [-0.2, 0) is 0 Å². The molecular weight excluding hydrogens is 340 g/mol. The van der Waals surface area contributed by atoms with Gasteiger partial charge in [-0.3, -0.25) is 9.55 Å². The molecule has 3 rings (SSSR count). The molecule has 0 saturated heterocycles. The lowest BCUT2D eigenvalue weighted by molar-refractivity contribution is 0.200. The maximum absolute atomic E-state index is 12.9. The van der Waals surface area contributed by atoms with Crippen molar-refractivity contribution in [1.29, 1.82) is 0 Å². The van der Waals surface area contributed by atoms with Crippen LogP contribution < -0.4 is 5.32 Å². The Labute approximate surface area is 159 Å². The van der Waals surface area contributed by atoms with Crippen molar-refractivity contribution in [2.75, 3.05) is 12.4 Å². The Balaban J connectivity index is 1.74. The van der Waals surface area contributed by atoms with E-state index in [1.807, 2.05) is 49.6 Å². The van der Waals surface area contributed by atoms with Crippen LogP contribution >= 0.6 is 0 Å². The van der Waals surface area contributed by atoms with Gasteiger partial charge in [-0.05, 0) is 36.2 Å². The van der Waals surface area contributed by atoms with Crippen LogP contribution in [0.4, 0.5) is 10.5 Å². The normalized spacial score (nSPS) is 11.8. The lowest BCUT2D eigenvalue weighted by Crippen LogP contribution is -2.35. The summed E-state index contributed by atoms with van der Waals surface area (Å²) in [6, 6.07) is 11.3. The number of hydrogen-bond acceptors (Lipinski definition) is 4. The van der Waals surface area contributed by atoms with Crippen LogP contribution in [0.2, 0.25) is 0 Å². The third-order valence-corrected chi connectivity index (χ3v) is 4.50. The standard InChI is InChI=1S/C20H24N6O/c1-3-4-10-19(16-7-6-11-21-13-16)25(2)20(27)24-17-8-5-9-18(12-17)26-14-22-23-15-26/h5-9,11-15,19H,3-4,10H2,1-2H3,(H,24,27)/t19-/m0/s1. The number of urea groups is 1. The summed E-state index contributed by atoms with van der Waals surface area (Å²) in [6.07, 6.45) is 9.83. The quantitative estimate of drug-likeness (QED) is 0.686. The number of aromatic nitrogens is 4. The van der Waals surface area contributed by atoms with Gasteiger partial charge in [-0.25, -0.2) is 4.79 Å². The number of amides is 2. The predicted molar refractivity (Wildman–Crippen MR) is 105 cm³/mol. The van der Waals surface area contributed by atoms with Crippen molar-refractivity contribution in [2.24, 2.45) is 0 Å². The summed E-state index contributed by atoms with van der Waals surface area (Å²) in [6.45, 7) is 2.15. The molecule has 7 heteroatoms. The highest BCUT2D eigenvalue weighted by atomic mass is 16.2. The fourth-order valence-corrected chi connectivity index (χ4v) is 2.99. The predicted octanol–water partition coefficient (Wildman–Crippen LogP) is 4.06. The number of unbranched alkanes of at least 4 members (excludes halogenated alkanes) is 1. The number of anilines is 1. The van der Waals surface area contributed by atoms with Crippen molar-refractivity contribution in [1.82, 2.24) is 24.6 Å². The van der Waals surface area contributed by atoms with Crippen molar-refractivity contribution in [3.63, 3.8) is 0 Å². The van der Waals surface area contributed by atoms with Gasteiger partial charge in [0, 0.05) is 25.1 Å². The fourth-order valence-electron chi connectivity index (χ4n) is 2.99. The summed E-state index contributed by atoms with van der Waals surface area (Å²) in [5.41, 5.74) is 2.65. The summed E-state index contributed by atoms with van der Waals surface area (Å²) in [4.78, 5) is 18.8. The Morgan fingerprint density at radius 2 is 2.04 bits per heavy atom. The van der Waals surface area contributed by atoms with Gasteiger partial charge in [-0.2, -0.15) is 0 Å². The van der Waals surface area contributed by atoms with Gasteiger partial charge in [0.05, 0.1) is 11.7 Å². The van der Waals surface area contributed by atoms with Gasteiger partial charge in [0.1, 0.15) is 12.7 Å². The second kappa shape index (κ2) is 8.93. The first kappa shape index (κ1) is 18.6. The van der Waals surface area contributed by atoms with Crippen LogP contribution in [0.25, 0.3) is 5.69 Å². The topological polar surface area (TPSA) is 75.9 Å². The summed E-state index contributed by atoms with van der Waals surface area (Å²) < 4.78 is 1.79. The van der Waals surface area contributed by atoms with E-state index in [0.717, 1.165) is 36.2 Å². The van der Waals surface area contributed by atoms with E-state index in [1.54, 1.807) is 28.3 Å². The van der Waals surface area contributed by atoms with E-state index in [4.69, 9.17) is 0 Å². The maximum atomic E-state index is 12.9. The summed E-state index contributed by atoms with van der Waals surface area (Å²) >= 11 is 0. The molecule has 0 aliphatic rings. The SMILES string of the molecule is CCCC[C@@H](c1cccnc1)N(C)C(=O)Nc1cccc(-n2cnnc2)c1. The van der Waals surface area contributed by atoms with Crippen molar-refractivity contribution < 1.29 is 4.79 Å². The Kier molecular flexibility index (Phi) is 6.14. The van der Waals surface area contributed by atoms with E-state index in [0.29, 0.717) is 0 Å². The fraction of sp³-hybridized carbons (Fsp3) is 0.300. The Morgan fingerprint density at radius 3 is 2.74 bits per heavy atom. The molecule has 0 fully saturated rings. The monoisotopic (exact) mass is 364 g/mol. The van der Waals surface area contributed by atoms with Crippen LogP contribution in [0.5, 0.6) is 0 Å². The minimum atomic E-state index is -0.152. The Hall–Kier alpha value is -3.22. The molecular formula is C20H24N6O. The van der Waals surface area contributed by atoms with Gasteiger partial charge in [0.2, 0.25) is 0 Å². The summed E-state index contributed by atoms with van der Waals surface area (Å²) in [7, 11) is 1.83. The molecule has 2 heterocycles. The van der Waals surface area contributed by atoms with E-state index in [9.17, 15) is 4.79 Å². The smallest absolute Gasteiger partial charge is 0.320 e. The number of nitrogens with one attached hydrogen (secondary N) is 1. The average Bonchev–Trinajstić information content (AvgIpc) is 3.24. The maximum Gasteiger partial charge on any atom is 0.322 e. The number of hydrogen-bond donors (Lipinski definition) is 1. The zero-order valence-electron chi connectivity index (χ0n) is 15.6. The molecule has 3 aromatic rings. The third-order valence-electron chi connectivity index (χ3n) is 4.50. The Morgan fingerprint density at radius 1 is 1.22 bits per heavy atom. The second-order valence-corrected chi connectivity index (χ2v) is 6.40. The minimum Gasteiger partial charge on any atom is -0.320 e. The molecule has 2 amide bonds. The van der Waals surface area contributed by atoms with Crippen LogP contribution in [0, 0.1) is 0 Å². The van der Waals surface area contributed by atoms with Crippen LogP contribution in [-0.4, -0.2) is 37.7 Å². The first-order valence-corrected chi connectivity index (χ1v) is 9.08. The highest BCUT2D eigenvalue weighted by molar-refractivity contribution is 5.89. The lowest BCUT2D eigenvalue weighted by Gasteiger charge is -2.28. The van der Waals surface area contributed by atoms with Crippen molar-refractivity contribution in [2.45, 2.75) is 32.2 Å². The summed E-state index contributed by atoms with van der Waals surface area (Å²) in [5, 5.41) is 10.6. The number of nitrogens with zero attached hydrogens (tertiary/aromatic N) is 5. The largest absolute Gasteiger partial charge is 0.322 e. The van der Waals surface area contributed by atoms with Crippen LogP contribution in [0.3, 0.4) is 0 Å². The first-order chi connectivity index (χ1) is 13.2. The molecule has 0 radical (unpaired) electrons. The second-order valence-electron chi connectivity index (χ2n) is 6.40. The van der Waals surface area contributed by atoms with Gasteiger partial charge in [-0.15, -0.1) is 10.2 Å². The van der Waals surface area contributed by atoms with E-state index in [2.05, 4.69) is 27.4 Å². The highest BCUT2D eigenvalue weighted by Gasteiger charge is 2.21. The first-order valence-electron chi connectivity index (χ1n) is 9.08.